The molecule has 3 aromatic heterocycles. The maximum atomic E-state index is 6.88. The first-order valence-electron chi connectivity index (χ1n) is 20.5. The molecule has 0 spiro atoms. The Balaban J connectivity index is 1.13. The van der Waals surface area contributed by atoms with Gasteiger partial charge < -0.3 is 8.98 Å². The van der Waals surface area contributed by atoms with Crippen LogP contribution in [0.15, 0.2) is 186 Å². The van der Waals surface area contributed by atoms with Crippen LogP contribution in [0.5, 0.6) is 0 Å². The van der Waals surface area contributed by atoms with Crippen LogP contribution in [-0.2, 0) is 5.41 Å². The Morgan fingerprint density at radius 3 is 2.17 bits per heavy atom. The van der Waals surface area contributed by atoms with Crippen LogP contribution >= 0.6 is 11.3 Å². The second-order valence-electron chi connectivity index (χ2n) is 16.1. The fourth-order valence-corrected chi connectivity index (χ4v) is 12.1. The van der Waals surface area contributed by atoms with Gasteiger partial charge in [0.2, 0.25) is 0 Å². The van der Waals surface area contributed by atoms with E-state index in [-0.39, 0.29) is 5.41 Å². The molecular formula is C55H37NOS. The van der Waals surface area contributed by atoms with Crippen molar-refractivity contribution in [2.75, 3.05) is 0 Å². The van der Waals surface area contributed by atoms with Gasteiger partial charge in [-0.2, -0.15) is 0 Å². The third-order valence-electron chi connectivity index (χ3n) is 13.2. The molecule has 2 nitrogen and oxygen atoms in total. The smallest absolute Gasteiger partial charge is 0.145 e. The fraction of sp³-hybridized carbons (Fsp3) is 0.0909. The van der Waals surface area contributed by atoms with Gasteiger partial charge in [0.05, 0.1) is 21.1 Å². The minimum atomic E-state index is -0.368. The van der Waals surface area contributed by atoms with E-state index in [0.29, 0.717) is 0 Å². The molecule has 0 fully saturated rings. The first-order chi connectivity index (χ1) is 28.8. The molecule has 0 aliphatic heterocycles. The van der Waals surface area contributed by atoms with Crippen LogP contribution in [0.25, 0.3) is 91.9 Å². The maximum Gasteiger partial charge on any atom is 0.145 e. The summed E-state index contributed by atoms with van der Waals surface area (Å²) in [5.41, 5.74) is 16.1. The van der Waals surface area contributed by atoms with Crippen LogP contribution in [-0.4, -0.2) is 4.57 Å². The zero-order valence-electron chi connectivity index (χ0n) is 31.8. The van der Waals surface area contributed by atoms with Gasteiger partial charge in [-0.3, -0.25) is 0 Å². The summed E-state index contributed by atoms with van der Waals surface area (Å²) < 4.78 is 12.0. The number of para-hydroxylation sites is 1. The van der Waals surface area contributed by atoms with Crippen molar-refractivity contribution in [3.05, 3.63) is 198 Å². The van der Waals surface area contributed by atoms with Crippen molar-refractivity contribution in [1.29, 1.82) is 0 Å². The van der Waals surface area contributed by atoms with E-state index in [9.17, 15) is 0 Å². The molecule has 1 unspecified atom stereocenters. The van der Waals surface area contributed by atoms with Crippen LogP contribution in [0.3, 0.4) is 0 Å². The Kier molecular flexibility index (Phi) is 6.80. The summed E-state index contributed by atoms with van der Waals surface area (Å²) in [4.78, 5) is 0. The zero-order chi connectivity index (χ0) is 38.0. The second kappa shape index (κ2) is 12.2. The molecule has 10 aromatic rings. The monoisotopic (exact) mass is 759 g/mol. The molecule has 7 aromatic carbocycles. The van der Waals surface area contributed by atoms with E-state index in [0.717, 1.165) is 36.8 Å². The van der Waals surface area contributed by atoms with Crippen molar-refractivity contribution in [2.24, 2.45) is 0 Å². The summed E-state index contributed by atoms with van der Waals surface area (Å²) in [7, 11) is 0. The standard InChI is InChI=1S/C55H37NOS/c1-4-16-36(17-5-1)55(37-18-6-2-7-19-37)44-25-13-10-22-39(44)40-30-28-34(32-45(40)55)35-29-31-41-46(33-35)56(38-20-8-3-9-21-38)52-49(41)50-42-23-11-14-26-47(42)57-53(50)51-43-24-12-15-27-48(43)58-54(51)52/h1-6,8,10-18,20,22-33H,7,9,19,21H2. The number of rotatable bonds is 4. The molecule has 0 radical (unpaired) electrons. The van der Waals surface area contributed by atoms with E-state index in [4.69, 9.17) is 4.42 Å². The van der Waals surface area contributed by atoms with Crippen molar-refractivity contribution in [3.63, 3.8) is 0 Å². The number of nitrogens with zero attached hydrogens (tertiary/aromatic N) is 1. The average molecular weight is 760 g/mol. The number of aromatic nitrogens is 1. The highest BCUT2D eigenvalue weighted by atomic mass is 32.1. The largest absolute Gasteiger partial charge is 0.455 e. The quantitative estimate of drug-likeness (QED) is 0.175. The van der Waals surface area contributed by atoms with Gasteiger partial charge in [0.25, 0.3) is 0 Å². The summed E-state index contributed by atoms with van der Waals surface area (Å²) in [5.74, 6) is 0. The lowest BCUT2D eigenvalue weighted by Crippen LogP contribution is -2.30. The number of furan rings is 1. The van der Waals surface area contributed by atoms with Gasteiger partial charge in [-0.05, 0) is 95.0 Å². The van der Waals surface area contributed by atoms with Gasteiger partial charge in [-0.15, -0.1) is 11.3 Å². The van der Waals surface area contributed by atoms with Gasteiger partial charge >= 0.3 is 0 Å². The van der Waals surface area contributed by atoms with E-state index in [1.807, 2.05) is 11.3 Å². The topological polar surface area (TPSA) is 18.1 Å². The highest BCUT2D eigenvalue weighted by Crippen LogP contribution is 2.58. The number of benzene rings is 7. The Bertz CT molecular complexity index is 3510. The highest BCUT2D eigenvalue weighted by Gasteiger charge is 2.47. The normalized spacial score (nSPS) is 17.5. The predicted octanol–water partition coefficient (Wildman–Crippen LogP) is 15.5. The summed E-state index contributed by atoms with van der Waals surface area (Å²) >= 11 is 1.89. The van der Waals surface area contributed by atoms with Gasteiger partial charge in [0.15, 0.2) is 0 Å². The van der Waals surface area contributed by atoms with E-state index in [1.165, 1.54) is 103 Å². The van der Waals surface area contributed by atoms with Gasteiger partial charge in [0, 0.05) is 42.7 Å². The molecule has 0 bridgehead atoms. The fourth-order valence-electron chi connectivity index (χ4n) is 10.8. The first-order valence-corrected chi connectivity index (χ1v) is 21.4. The van der Waals surface area contributed by atoms with Gasteiger partial charge in [-0.1, -0.05) is 151 Å². The number of thiophene rings is 1. The Hall–Kier alpha value is -6.68. The van der Waals surface area contributed by atoms with E-state index in [2.05, 4.69) is 181 Å². The van der Waals surface area contributed by atoms with Crippen LogP contribution in [0.4, 0.5) is 0 Å². The number of fused-ring (bicyclic) bond motifs is 15. The minimum Gasteiger partial charge on any atom is -0.455 e. The van der Waals surface area contributed by atoms with Crippen molar-refractivity contribution in [2.45, 2.75) is 31.1 Å². The lowest BCUT2D eigenvalue weighted by Gasteiger charge is -2.37. The molecule has 3 aliphatic rings. The number of allylic oxidation sites excluding steroid dienone is 8. The number of hydrogen-bond donors (Lipinski definition) is 0. The van der Waals surface area contributed by atoms with Crippen LogP contribution in [0, 0.1) is 0 Å². The van der Waals surface area contributed by atoms with Crippen molar-refractivity contribution >= 4 is 81.0 Å². The molecule has 0 saturated heterocycles. The molecule has 13 rings (SSSR count). The molecule has 3 aliphatic carbocycles. The third kappa shape index (κ3) is 4.26. The first kappa shape index (κ1) is 32.4. The Morgan fingerprint density at radius 1 is 0.569 bits per heavy atom. The average Bonchev–Trinajstić information content (AvgIpc) is 4.04. The summed E-state index contributed by atoms with van der Waals surface area (Å²) in [5, 5.41) is 7.40. The van der Waals surface area contributed by atoms with Gasteiger partial charge in [0.1, 0.15) is 11.2 Å². The summed E-state index contributed by atoms with van der Waals surface area (Å²) in [6.07, 6.45) is 17.9. The molecule has 0 N–H and O–H groups in total. The summed E-state index contributed by atoms with van der Waals surface area (Å²) in [6.45, 7) is 0. The lowest BCUT2D eigenvalue weighted by molar-refractivity contribution is 0.673. The molecule has 0 amide bonds. The van der Waals surface area contributed by atoms with E-state index >= 15 is 0 Å². The van der Waals surface area contributed by atoms with E-state index in [1.54, 1.807) is 0 Å². The maximum absolute atomic E-state index is 6.88. The summed E-state index contributed by atoms with van der Waals surface area (Å²) in [6, 6.07) is 52.3. The second-order valence-corrected chi connectivity index (χ2v) is 17.2. The SMILES string of the molecule is C1=CCCC(n2c3cc(-c4ccc5c(c4)C(C4=CC=CCC4)(c4ccccc4)c4ccccc4-5)ccc3c3c4c5ccccc5oc4c4c5ccccc5sc4c32)=C1. The minimum absolute atomic E-state index is 0.368. The van der Waals surface area contributed by atoms with Crippen molar-refractivity contribution < 1.29 is 4.42 Å². The Labute approximate surface area is 340 Å². The van der Waals surface area contributed by atoms with Crippen molar-refractivity contribution in [1.82, 2.24) is 4.57 Å². The lowest BCUT2D eigenvalue weighted by atomic mass is 9.65. The molecule has 3 heterocycles. The predicted molar refractivity (Wildman–Crippen MR) is 246 cm³/mol. The molecule has 1 atom stereocenters. The molecule has 0 saturated carbocycles. The molecule has 58 heavy (non-hydrogen) atoms. The van der Waals surface area contributed by atoms with Crippen molar-refractivity contribution in [3.8, 4) is 22.3 Å². The zero-order valence-corrected chi connectivity index (χ0v) is 32.7. The Morgan fingerprint density at radius 2 is 1.31 bits per heavy atom. The third-order valence-corrected chi connectivity index (χ3v) is 14.4. The van der Waals surface area contributed by atoms with Crippen LogP contribution in [0.2, 0.25) is 0 Å². The van der Waals surface area contributed by atoms with Gasteiger partial charge in [-0.25, -0.2) is 0 Å². The van der Waals surface area contributed by atoms with E-state index < -0.39 is 0 Å². The molecule has 274 valence electrons. The number of hydrogen-bond acceptors (Lipinski definition) is 2. The van der Waals surface area contributed by atoms with Crippen LogP contribution < -0.4 is 0 Å². The molecular weight excluding hydrogens is 723 g/mol. The van der Waals surface area contributed by atoms with Crippen LogP contribution in [0.1, 0.15) is 42.4 Å². The highest BCUT2D eigenvalue weighted by molar-refractivity contribution is 7.27. The molecule has 3 heteroatoms.